The molecule has 0 aliphatic carbocycles. The Morgan fingerprint density at radius 2 is 1.85 bits per heavy atom. The Balaban J connectivity index is 1.85. The predicted octanol–water partition coefficient (Wildman–Crippen LogP) is 5.02. The molecule has 138 valence electrons. The van der Waals surface area contributed by atoms with Crippen molar-refractivity contribution in [3.63, 3.8) is 0 Å². The van der Waals surface area contributed by atoms with Crippen molar-refractivity contribution in [3.8, 4) is 0 Å². The molecule has 0 atom stereocenters. The summed E-state index contributed by atoms with van der Waals surface area (Å²) < 4.78 is 4.75. The molecule has 27 heavy (non-hydrogen) atoms. The van der Waals surface area contributed by atoms with Crippen molar-refractivity contribution in [2.24, 2.45) is 0 Å². The molecular formula is C20H19ClN4O2. The van der Waals surface area contributed by atoms with Gasteiger partial charge in [-0.1, -0.05) is 23.7 Å². The summed E-state index contributed by atoms with van der Waals surface area (Å²) in [6.45, 7) is 3.86. The normalized spacial score (nSPS) is 10.4. The Kier molecular flexibility index (Phi) is 5.57. The zero-order valence-electron chi connectivity index (χ0n) is 15.2. The number of hydrogen-bond acceptors (Lipinski definition) is 6. The number of ether oxygens (including phenoxy) is 1. The van der Waals surface area contributed by atoms with Crippen LogP contribution in [0.25, 0.3) is 0 Å². The van der Waals surface area contributed by atoms with Gasteiger partial charge in [0.05, 0.1) is 12.7 Å². The molecule has 0 bridgehead atoms. The molecule has 1 heterocycles. The van der Waals surface area contributed by atoms with Crippen LogP contribution < -0.4 is 10.6 Å². The molecule has 3 aromatic rings. The van der Waals surface area contributed by atoms with Gasteiger partial charge in [-0.3, -0.25) is 0 Å². The average Bonchev–Trinajstić information content (AvgIpc) is 2.64. The molecule has 2 aromatic carbocycles. The highest BCUT2D eigenvalue weighted by atomic mass is 35.5. The maximum absolute atomic E-state index is 11.7. The number of benzene rings is 2. The minimum atomic E-state index is -0.392. The molecule has 0 aliphatic heterocycles. The smallest absolute Gasteiger partial charge is 0.337 e. The van der Waals surface area contributed by atoms with E-state index < -0.39 is 5.97 Å². The number of esters is 1. The van der Waals surface area contributed by atoms with Crippen molar-refractivity contribution < 1.29 is 9.53 Å². The van der Waals surface area contributed by atoms with Crippen LogP contribution in [0, 0.1) is 13.8 Å². The summed E-state index contributed by atoms with van der Waals surface area (Å²) in [6, 6.07) is 14.4. The number of hydrogen-bond donors (Lipinski definition) is 2. The first kappa shape index (κ1) is 18.7. The Morgan fingerprint density at radius 3 is 2.63 bits per heavy atom. The Bertz CT molecular complexity index is 991. The Morgan fingerprint density at radius 1 is 1.04 bits per heavy atom. The summed E-state index contributed by atoms with van der Waals surface area (Å²) in [6.07, 6.45) is 0. The van der Waals surface area contributed by atoms with Gasteiger partial charge >= 0.3 is 5.97 Å². The molecule has 0 radical (unpaired) electrons. The number of halogens is 1. The molecule has 6 nitrogen and oxygen atoms in total. The van der Waals surface area contributed by atoms with E-state index in [1.54, 1.807) is 18.2 Å². The van der Waals surface area contributed by atoms with Gasteiger partial charge in [0.2, 0.25) is 5.95 Å². The minimum Gasteiger partial charge on any atom is -0.465 e. The Hall–Kier alpha value is -3.12. The number of aryl methyl sites for hydroxylation is 2. The molecule has 0 saturated carbocycles. The molecule has 2 N–H and O–H groups in total. The van der Waals surface area contributed by atoms with E-state index >= 15 is 0 Å². The molecule has 0 unspecified atom stereocenters. The van der Waals surface area contributed by atoms with Crippen LogP contribution in [0.3, 0.4) is 0 Å². The van der Waals surface area contributed by atoms with Crippen LogP contribution in [0.2, 0.25) is 5.02 Å². The number of anilines is 4. The number of nitrogens with one attached hydrogen (secondary N) is 2. The first-order chi connectivity index (χ1) is 12.9. The highest BCUT2D eigenvalue weighted by Crippen LogP contribution is 2.24. The zero-order valence-corrected chi connectivity index (χ0v) is 16.0. The number of methoxy groups -OCH3 is 1. The van der Waals surface area contributed by atoms with Gasteiger partial charge in [-0.05, 0) is 49.7 Å². The van der Waals surface area contributed by atoms with E-state index in [2.05, 4.69) is 20.6 Å². The quantitative estimate of drug-likeness (QED) is 0.603. The van der Waals surface area contributed by atoms with Crippen LogP contribution >= 0.6 is 11.6 Å². The SMILES string of the molecule is COC(=O)c1cccc(Nc2cc(C)nc(Nc3cc(Cl)ccc3C)n2)c1. The number of aromatic nitrogens is 2. The summed E-state index contributed by atoms with van der Waals surface area (Å²) in [7, 11) is 1.35. The fourth-order valence-electron chi connectivity index (χ4n) is 2.53. The van der Waals surface area contributed by atoms with Crippen LogP contribution in [-0.2, 0) is 4.74 Å². The van der Waals surface area contributed by atoms with Crippen molar-refractivity contribution in [1.82, 2.24) is 9.97 Å². The minimum absolute atomic E-state index is 0.392. The summed E-state index contributed by atoms with van der Waals surface area (Å²) in [5, 5.41) is 7.02. The topological polar surface area (TPSA) is 76.1 Å². The number of rotatable bonds is 5. The number of carbonyl (C=O) groups is 1. The highest BCUT2D eigenvalue weighted by Gasteiger charge is 2.08. The van der Waals surface area contributed by atoms with Crippen LogP contribution in [-0.4, -0.2) is 23.0 Å². The van der Waals surface area contributed by atoms with E-state index in [1.807, 2.05) is 44.2 Å². The van der Waals surface area contributed by atoms with Gasteiger partial charge in [0, 0.05) is 28.2 Å². The lowest BCUT2D eigenvalue weighted by Crippen LogP contribution is -2.04. The molecule has 0 saturated heterocycles. The van der Waals surface area contributed by atoms with E-state index in [0.29, 0.717) is 22.4 Å². The highest BCUT2D eigenvalue weighted by molar-refractivity contribution is 6.30. The molecule has 0 fully saturated rings. The monoisotopic (exact) mass is 382 g/mol. The first-order valence-corrected chi connectivity index (χ1v) is 8.66. The van der Waals surface area contributed by atoms with Crippen molar-refractivity contribution in [1.29, 1.82) is 0 Å². The van der Waals surface area contributed by atoms with Crippen molar-refractivity contribution in [3.05, 3.63) is 70.4 Å². The van der Waals surface area contributed by atoms with E-state index in [-0.39, 0.29) is 0 Å². The van der Waals surface area contributed by atoms with Gasteiger partial charge in [-0.2, -0.15) is 4.98 Å². The lowest BCUT2D eigenvalue weighted by atomic mass is 10.2. The molecule has 0 spiro atoms. The summed E-state index contributed by atoms with van der Waals surface area (Å²) in [5.74, 6) is 0.662. The molecular weight excluding hydrogens is 364 g/mol. The molecule has 7 heteroatoms. The van der Waals surface area contributed by atoms with E-state index in [1.165, 1.54) is 7.11 Å². The predicted molar refractivity (Wildman–Crippen MR) is 107 cm³/mol. The second-order valence-electron chi connectivity index (χ2n) is 6.00. The van der Waals surface area contributed by atoms with Crippen molar-refractivity contribution >= 4 is 40.7 Å². The van der Waals surface area contributed by atoms with Crippen LogP contribution in [0.5, 0.6) is 0 Å². The molecule has 3 rings (SSSR count). The summed E-state index contributed by atoms with van der Waals surface area (Å²) in [5.41, 5.74) is 3.84. The van der Waals surface area contributed by atoms with Crippen molar-refractivity contribution in [2.75, 3.05) is 17.7 Å². The van der Waals surface area contributed by atoms with Gasteiger partial charge in [0.25, 0.3) is 0 Å². The van der Waals surface area contributed by atoms with Crippen LogP contribution in [0.4, 0.5) is 23.1 Å². The standard InChI is InChI=1S/C20H19ClN4O2/c1-12-7-8-15(21)11-17(12)24-20-22-13(2)9-18(25-20)23-16-6-4-5-14(10-16)19(26)27-3/h4-11H,1-3H3,(H2,22,23,24,25). The third-order valence-corrected chi connectivity index (χ3v) is 4.09. The maximum atomic E-state index is 11.7. The van der Waals surface area contributed by atoms with E-state index in [4.69, 9.17) is 16.3 Å². The van der Waals surface area contributed by atoms with E-state index in [0.717, 1.165) is 22.6 Å². The second-order valence-corrected chi connectivity index (χ2v) is 6.44. The number of nitrogens with zero attached hydrogens (tertiary/aromatic N) is 2. The fourth-order valence-corrected chi connectivity index (χ4v) is 2.70. The fraction of sp³-hybridized carbons (Fsp3) is 0.150. The summed E-state index contributed by atoms with van der Waals surface area (Å²) in [4.78, 5) is 20.6. The third-order valence-electron chi connectivity index (χ3n) is 3.86. The zero-order chi connectivity index (χ0) is 19.4. The van der Waals surface area contributed by atoms with Gasteiger partial charge in [0.1, 0.15) is 5.82 Å². The Labute approximate surface area is 162 Å². The molecule has 1 aromatic heterocycles. The largest absolute Gasteiger partial charge is 0.465 e. The van der Waals surface area contributed by atoms with Crippen LogP contribution in [0.1, 0.15) is 21.6 Å². The lowest BCUT2D eigenvalue weighted by molar-refractivity contribution is 0.0601. The van der Waals surface area contributed by atoms with Crippen LogP contribution in [0.15, 0.2) is 48.5 Å². The summed E-state index contributed by atoms with van der Waals surface area (Å²) >= 11 is 6.07. The molecule has 0 aliphatic rings. The maximum Gasteiger partial charge on any atom is 0.337 e. The second kappa shape index (κ2) is 8.05. The van der Waals surface area contributed by atoms with Gasteiger partial charge in [-0.25, -0.2) is 9.78 Å². The number of carbonyl (C=O) groups excluding carboxylic acids is 1. The molecule has 0 amide bonds. The van der Waals surface area contributed by atoms with Crippen molar-refractivity contribution in [2.45, 2.75) is 13.8 Å². The average molecular weight is 383 g/mol. The van der Waals surface area contributed by atoms with Gasteiger partial charge < -0.3 is 15.4 Å². The lowest BCUT2D eigenvalue weighted by Gasteiger charge is -2.12. The van der Waals surface area contributed by atoms with Gasteiger partial charge in [0.15, 0.2) is 0 Å². The first-order valence-electron chi connectivity index (χ1n) is 8.29. The van der Waals surface area contributed by atoms with E-state index in [9.17, 15) is 4.79 Å². The third kappa shape index (κ3) is 4.74. The van der Waals surface area contributed by atoms with Gasteiger partial charge in [-0.15, -0.1) is 0 Å².